The lowest BCUT2D eigenvalue weighted by atomic mass is 10.1. The highest BCUT2D eigenvalue weighted by atomic mass is 19.3. The Hall–Kier alpha value is -4.16. The number of rotatable bonds is 7. The van der Waals surface area contributed by atoms with Gasteiger partial charge in [-0.15, -0.1) is 15.3 Å². The molecule has 0 fully saturated rings. The lowest BCUT2D eigenvalue weighted by Crippen LogP contribution is -2.22. The van der Waals surface area contributed by atoms with Crippen molar-refractivity contribution in [2.75, 3.05) is 6.61 Å². The Balaban J connectivity index is 1.76. The Morgan fingerprint density at radius 2 is 2.03 bits per heavy atom. The fourth-order valence-corrected chi connectivity index (χ4v) is 3.05. The second-order valence-corrected chi connectivity index (χ2v) is 6.61. The molecule has 0 aliphatic rings. The standard InChI is InChI=1S/C19H17F2N7O4/c1-3-31-13-6-9(4-5-22-13)14(15(20)21)32-18-10-7-12(25-26-16(10)28(2)27-18)11-8-23-19(30)24-17(11)29/h4-8,14-15H,3H2,1-2H3,(H2,23,24,29,30)/t14-/m1/s1. The van der Waals surface area contributed by atoms with Gasteiger partial charge in [0.2, 0.25) is 11.8 Å². The lowest BCUT2D eigenvalue weighted by molar-refractivity contribution is 0.00829. The molecule has 0 bridgehead atoms. The second-order valence-electron chi connectivity index (χ2n) is 6.61. The molecule has 13 heteroatoms. The minimum Gasteiger partial charge on any atom is -0.478 e. The molecule has 0 aromatic carbocycles. The van der Waals surface area contributed by atoms with Gasteiger partial charge in [0.1, 0.15) is 5.69 Å². The molecule has 4 heterocycles. The molecule has 4 aromatic heterocycles. The summed E-state index contributed by atoms with van der Waals surface area (Å²) in [6.07, 6.45) is -2.02. The minimum atomic E-state index is -2.89. The molecule has 11 nitrogen and oxygen atoms in total. The van der Waals surface area contributed by atoms with Crippen LogP contribution in [0.5, 0.6) is 11.8 Å². The molecule has 0 unspecified atom stereocenters. The maximum absolute atomic E-state index is 13.9. The van der Waals surface area contributed by atoms with E-state index in [0.29, 0.717) is 6.61 Å². The number of nitrogens with one attached hydrogen (secondary N) is 2. The van der Waals surface area contributed by atoms with Crippen LogP contribution in [0.2, 0.25) is 0 Å². The van der Waals surface area contributed by atoms with Gasteiger partial charge in [0.15, 0.2) is 11.8 Å². The summed E-state index contributed by atoms with van der Waals surface area (Å²) >= 11 is 0. The average Bonchev–Trinajstić information content (AvgIpc) is 3.07. The van der Waals surface area contributed by atoms with E-state index in [1.165, 1.54) is 35.3 Å². The van der Waals surface area contributed by atoms with Crippen molar-refractivity contribution >= 4 is 11.0 Å². The first kappa shape index (κ1) is 21.1. The van der Waals surface area contributed by atoms with E-state index in [1.807, 2.05) is 0 Å². The Morgan fingerprint density at radius 3 is 2.75 bits per heavy atom. The number of hydrogen-bond acceptors (Lipinski definition) is 8. The van der Waals surface area contributed by atoms with E-state index in [2.05, 4.69) is 30.2 Å². The van der Waals surface area contributed by atoms with Gasteiger partial charge < -0.3 is 14.5 Å². The highest BCUT2D eigenvalue weighted by molar-refractivity contribution is 5.84. The lowest BCUT2D eigenvalue weighted by Gasteiger charge is -2.17. The van der Waals surface area contributed by atoms with Crippen molar-refractivity contribution in [1.82, 2.24) is 34.9 Å². The average molecular weight is 445 g/mol. The summed E-state index contributed by atoms with van der Waals surface area (Å²) < 4.78 is 40.0. The number of aromatic amines is 2. The van der Waals surface area contributed by atoms with Gasteiger partial charge in [-0.05, 0) is 19.1 Å². The SMILES string of the molecule is CCOc1cc([C@@H](Oc2nn(C)c3nnc(-c4c[nH]c(=O)[nH]c4=O)cc23)C(F)F)ccn1. The highest BCUT2D eigenvalue weighted by Crippen LogP contribution is 2.32. The van der Waals surface area contributed by atoms with Crippen LogP contribution in [0.3, 0.4) is 0 Å². The maximum Gasteiger partial charge on any atom is 0.325 e. The molecule has 1 atom stereocenters. The number of halogens is 2. The number of fused-ring (bicyclic) bond motifs is 1. The predicted molar refractivity (Wildman–Crippen MR) is 108 cm³/mol. The monoisotopic (exact) mass is 445 g/mol. The normalized spacial score (nSPS) is 12.3. The van der Waals surface area contributed by atoms with E-state index >= 15 is 0 Å². The van der Waals surface area contributed by atoms with Crippen LogP contribution in [0.25, 0.3) is 22.3 Å². The van der Waals surface area contributed by atoms with Crippen molar-refractivity contribution < 1.29 is 18.3 Å². The molecule has 0 amide bonds. The summed E-state index contributed by atoms with van der Waals surface area (Å²) in [6.45, 7) is 2.08. The summed E-state index contributed by atoms with van der Waals surface area (Å²) in [4.78, 5) is 31.8. The van der Waals surface area contributed by atoms with E-state index < -0.39 is 23.8 Å². The van der Waals surface area contributed by atoms with Gasteiger partial charge in [-0.1, -0.05) is 0 Å². The van der Waals surface area contributed by atoms with Crippen LogP contribution < -0.4 is 20.7 Å². The number of hydrogen-bond donors (Lipinski definition) is 2. The van der Waals surface area contributed by atoms with Gasteiger partial charge in [0.25, 0.3) is 12.0 Å². The summed E-state index contributed by atoms with van der Waals surface area (Å²) in [6, 6.07) is 4.19. The van der Waals surface area contributed by atoms with Crippen LogP contribution in [0.15, 0.2) is 40.2 Å². The number of alkyl halides is 2. The molecule has 0 saturated heterocycles. The summed E-state index contributed by atoms with van der Waals surface area (Å²) in [5.41, 5.74) is -0.821. The van der Waals surface area contributed by atoms with Crippen molar-refractivity contribution in [3.8, 4) is 23.0 Å². The molecule has 0 saturated carbocycles. The van der Waals surface area contributed by atoms with Crippen molar-refractivity contribution in [2.45, 2.75) is 19.5 Å². The fraction of sp³-hybridized carbons (Fsp3) is 0.263. The minimum absolute atomic E-state index is 0.0368. The van der Waals surface area contributed by atoms with E-state index in [9.17, 15) is 18.4 Å². The van der Waals surface area contributed by atoms with Gasteiger partial charge in [-0.3, -0.25) is 9.78 Å². The number of aromatic nitrogens is 7. The van der Waals surface area contributed by atoms with E-state index in [0.717, 1.165) is 0 Å². The molecule has 0 aliphatic carbocycles. The van der Waals surface area contributed by atoms with E-state index in [4.69, 9.17) is 9.47 Å². The third-order valence-electron chi connectivity index (χ3n) is 4.49. The molecule has 4 aromatic rings. The van der Waals surface area contributed by atoms with Crippen LogP contribution in [-0.4, -0.2) is 48.0 Å². The molecule has 0 radical (unpaired) electrons. The van der Waals surface area contributed by atoms with Gasteiger partial charge >= 0.3 is 5.69 Å². The molecule has 0 spiro atoms. The quantitative estimate of drug-likeness (QED) is 0.437. The highest BCUT2D eigenvalue weighted by Gasteiger charge is 2.28. The van der Waals surface area contributed by atoms with Crippen molar-refractivity contribution in [1.29, 1.82) is 0 Å². The third kappa shape index (κ3) is 4.04. The summed E-state index contributed by atoms with van der Waals surface area (Å²) in [5.74, 6) is 0.0650. The van der Waals surface area contributed by atoms with Crippen LogP contribution in [-0.2, 0) is 7.05 Å². The molecular weight excluding hydrogens is 428 g/mol. The zero-order valence-electron chi connectivity index (χ0n) is 16.9. The largest absolute Gasteiger partial charge is 0.478 e. The number of ether oxygens (including phenoxy) is 2. The Bertz CT molecular complexity index is 1380. The Labute approximate surface area is 178 Å². The molecule has 0 aliphatic heterocycles. The zero-order chi connectivity index (χ0) is 22.8. The van der Waals surface area contributed by atoms with Crippen LogP contribution in [0.4, 0.5) is 8.78 Å². The first-order valence-electron chi connectivity index (χ1n) is 9.43. The molecule has 4 rings (SSSR count). The molecule has 166 valence electrons. The number of H-pyrrole nitrogens is 2. The maximum atomic E-state index is 13.9. The first-order chi connectivity index (χ1) is 15.4. The number of pyridine rings is 1. The summed E-state index contributed by atoms with van der Waals surface area (Å²) in [5, 5.41) is 12.4. The molecular formula is C19H17F2N7O4. The van der Waals surface area contributed by atoms with Crippen molar-refractivity contribution in [3.05, 3.63) is 57.0 Å². The van der Waals surface area contributed by atoms with E-state index in [1.54, 1.807) is 14.0 Å². The zero-order valence-corrected chi connectivity index (χ0v) is 16.9. The Kier molecular flexibility index (Phi) is 5.62. The van der Waals surface area contributed by atoms with Gasteiger partial charge in [0.05, 0.1) is 17.6 Å². The van der Waals surface area contributed by atoms with Crippen molar-refractivity contribution in [2.24, 2.45) is 7.05 Å². The molecule has 2 N–H and O–H groups in total. The van der Waals surface area contributed by atoms with Crippen LogP contribution >= 0.6 is 0 Å². The van der Waals surface area contributed by atoms with Crippen LogP contribution in [0, 0.1) is 0 Å². The second kappa shape index (κ2) is 8.53. The van der Waals surface area contributed by atoms with Crippen LogP contribution in [0.1, 0.15) is 18.6 Å². The van der Waals surface area contributed by atoms with Gasteiger partial charge in [-0.2, -0.15) is 0 Å². The fourth-order valence-electron chi connectivity index (χ4n) is 3.05. The smallest absolute Gasteiger partial charge is 0.325 e. The van der Waals surface area contributed by atoms with Crippen molar-refractivity contribution in [3.63, 3.8) is 0 Å². The van der Waals surface area contributed by atoms with Gasteiger partial charge in [-0.25, -0.2) is 23.2 Å². The summed E-state index contributed by atoms with van der Waals surface area (Å²) in [7, 11) is 1.55. The van der Waals surface area contributed by atoms with E-state index in [-0.39, 0.29) is 39.6 Å². The number of nitrogens with zero attached hydrogens (tertiary/aromatic N) is 5. The molecule has 32 heavy (non-hydrogen) atoms. The first-order valence-corrected chi connectivity index (χ1v) is 9.43. The Morgan fingerprint density at radius 1 is 1.22 bits per heavy atom. The predicted octanol–water partition coefficient (Wildman–Crippen LogP) is 1.59. The van der Waals surface area contributed by atoms with Gasteiger partial charge in [0, 0.05) is 31.1 Å². The topological polar surface area (TPSA) is 141 Å². The third-order valence-corrected chi connectivity index (χ3v) is 4.49. The number of aryl methyl sites for hydroxylation is 1.